The third-order valence-corrected chi connectivity index (χ3v) is 3.98. The molecule has 1 aliphatic rings. The van der Waals surface area contributed by atoms with Crippen molar-refractivity contribution in [3.8, 4) is 0 Å². The normalized spacial score (nSPS) is 20.8. The molecule has 0 radical (unpaired) electrons. The van der Waals surface area contributed by atoms with Gasteiger partial charge in [0.25, 0.3) is 0 Å². The van der Waals surface area contributed by atoms with Crippen molar-refractivity contribution in [3.05, 3.63) is 34.3 Å². The minimum atomic E-state index is -0.716. The SMILES string of the molecule is CS(=O)CCNC1CCc2ccc(Cl)cc21. The van der Waals surface area contributed by atoms with E-state index in [1.165, 1.54) is 11.1 Å². The van der Waals surface area contributed by atoms with Gasteiger partial charge in [0.15, 0.2) is 0 Å². The van der Waals surface area contributed by atoms with Gasteiger partial charge in [0.1, 0.15) is 0 Å². The van der Waals surface area contributed by atoms with Crippen molar-refractivity contribution in [1.82, 2.24) is 5.32 Å². The molecule has 0 spiro atoms. The Balaban J connectivity index is 2.00. The van der Waals surface area contributed by atoms with Crippen molar-refractivity contribution in [2.75, 3.05) is 18.6 Å². The maximum Gasteiger partial charge on any atom is 0.0409 e. The fourth-order valence-corrected chi connectivity index (χ4v) is 2.75. The van der Waals surface area contributed by atoms with Gasteiger partial charge in [-0.25, -0.2) is 0 Å². The molecule has 2 nitrogen and oxygen atoms in total. The molecule has 1 N–H and O–H groups in total. The molecule has 0 bridgehead atoms. The zero-order valence-corrected chi connectivity index (χ0v) is 10.9. The van der Waals surface area contributed by atoms with E-state index >= 15 is 0 Å². The Kier molecular flexibility index (Phi) is 4.00. The van der Waals surface area contributed by atoms with Gasteiger partial charge in [0, 0.05) is 40.4 Å². The van der Waals surface area contributed by atoms with Crippen LogP contribution in [0.15, 0.2) is 18.2 Å². The second-order valence-corrected chi connectivity index (χ2v) is 6.16. The molecule has 16 heavy (non-hydrogen) atoms. The number of aryl methyl sites for hydroxylation is 1. The number of fused-ring (bicyclic) bond motifs is 1. The molecule has 1 aliphatic carbocycles. The molecule has 0 aromatic heterocycles. The van der Waals surface area contributed by atoms with Gasteiger partial charge in [-0.1, -0.05) is 17.7 Å². The van der Waals surface area contributed by atoms with E-state index in [4.69, 9.17) is 11.6 Å². The molecule has 1 aromatic carbocycles. The molecule has 0 aliphatic heterocycles. The third-order valence-electron chi connectivity index (χ3n) is 2.97. The first-order chi connectivity index (χ1) is 7.66. The van der Waals surface area contributed by atoms with E-state index in [-0.39, 0.29) is 0 Å². The van der Waals surface area contributed by atoms with Crippen molar-refractivity contribution in [2.24, 2.45) is 0 Å². The second kappa shape index (κ2) is 5.30. The molecule has 4 heteroatoms. The van der Waals surface area contributed by atoms with Gasteiger partial charge in [-0.15, -0.1) is 0 Å². The molecule has 0 saturated heterocycles. The number of hydrogen-bond donors (Lipinski definition) is 1. The summed E-state index contributed by atoms with van der Waals surface area (Å²) in [5.74, 6) is 0.715. The maximum atomic E-state index is 11.0. The van der Waals surface area contributed by atoms with E-state index in [0.717, 1.165) is 24.4 Å². The summed E-state index contributed by atoms with van der Waals surface area (Å²) in [7, 11) is -0.716. The molecule has 0 heterocycles. The monoisotopic (exact) mass is 257 g/mol. The molecule has 2 rings (SSSR count). The molecule has 0 amide bonds. The Bertz CT molecular complexity index is 408. The molecule has 0 saturated carbocycles. The number of rotatable bonds is 4. The second-order valence-electron chi connectivity index (χ2n) is 4.17. The van der Waals surface area contributed by atoms with Crippen LogP contribution in [-0.4, -0.2) is 22.8 Å². The minimum Gasteiger partial charge on any atom is -0.309 e. The van der Waals surface area contributed by atoms with Crippen LogP contribution in [0, 0.1) is 0 Å². The summed E-state index contributed by atoms with van der Waals surface area (Å²) >= 11 is 6.00. The average Bonchev–Trinajstić information content (AvgIpc) is 2.60. The smallest absolute Gasteiger partial charge is 0.0409 e. The van der Waals surface area contributed by atoms with E-state index < -0.39 is 10.8 Å². The first-order valence-corrected chi connectivity index (χ1v) is 7.59. The van der Waals surface area contributed by atoms with E-state index in [1.807, 2.05) is 12.1 Å². The summed E-state index contributed by atoms with van der Waals surface area (Å²) < 4.78 is 11.0. The van der Waals surface area contributed by atoms with Crippen LogP contribution < -0.4 is 5.32 Å². The molecular weight excluding hydrogens is 242 g/mol. The first kappa shape index (κ1) is 12.1. The van der Waals surface area contributed by atoms with Crippen LogP contribution >= 0.6 is 11.6 Å². The summed E-state index contributed by atoms with van der Waals surface area (Å²) in [6.07, 6.45) is 3.96. The van der Waals surface area contributed by atoms with Gasteiger partial charge in [-0.3, -0.25) is 4.21 Å². The topological polar surface area (TPSA) is 29.1 Å². The summed E-state index contributed by atoms with van der Waals surface area (Å²) in [4.78, 5) is 0. The Morgan fingerprint density at radius 3 is 3.12 bits per heavy atom. The van der Waals surface area contributed by atoms with Gasteiger partial charge < -0.3 is 5.32 Å². The van der Waals surface area contributed by atoms with Crippen molar-refractivity contribution < 1.29 is 4.21 Å². The van der Waals surface area contributed by atoms with Crippen LogP contribution in [0.1, 0.15) is 23.6 Å². The van der Waals surface area contributed by atoms with E-state index in [1.54, 1.807) is 6.26 Å². The summed E-state index contributed by atoms with van der Waals surface area (Å²) in [6.45, 7) is 0.805. The van der Waals surface area contributed by atoms with Crippen molar-refractivity contribution >= 4 is 22.4 Å². The van der Waals surface area contributed by atoms with Gasteiger partial charge in [0.05, 0.1) is 0 Å². The number of benzene rings is 1. The Morgan fingerprint density at radius 2 is 2.38 bits per heavy atom. The quantitative estimate of drug-likeness (QED) is 0.897. The zero-order valence-electron chi connectivity index (χ0n) is 9.33. The highest BCUT2D eigenvalue weighted by atomic mass is 35.5. The third kappa shape index (κ3) is 2.84. The predicted octanol–water partition coefficient (Wildman–Crippen LogP) is 2.30. The van der Waals surface area contributed by atoms with E-state index in [9.17, 15) is 4.21 Å². The number of hydrogen-bond acceptors (Lipinski definition) is 2. The van der Waals surface area contributed by atoms with Crippen LogP contribution in [0.25, 0.3) is 0 Å². The number of halogens is 1. The molecular formula is C12H16ClNOS. The fraction of sp³-hybridized carbons (Fsp3) is 0.500. The highest BCUT2D eigenvalue weighted by Gasteiger charge is 2.21. The van der Waals surface area contributed by atoms with Crippen LogP contribution in [0.2, 0.25) is 5.02 Å². The summed E-state index contributed by atoms with van der Waals surface area (Å²) in [5.41, 5.74) is 2.70. The fourth-order valence-electron chi connectivity index (χ4n) is 2.16. The summed E-state index contributed by atoms with van der Waals surface area (Å²) in [6, 6.07) is 6.49. The van der Waals surface area contributed by atoms with Gasteiger partial charge in [-0.2, -0.15) is 0 Å². The van der Waals surface area contributed by atoms with Crippen LogP contribution in [0.5, 0.6) is 0 Å². The Morgan fingerprint density at radius 1 is 1.56 bits per heavy atom. The Labute approximate surface area is 104 Å². The Hall–Kier alpha value is -0.380. The maximum absolute atomic E-state index is 11.0. The van der Waals surface area contributed by atoms with Gasteiger partial charge in [-0.05, 0) is 36.1 Å². The minimum absolute atomic E-state index is 0.386. The summed E-state index contributed by atoms with van der Waals surface area (Å²) in [5, 5.41) is 4.24. The lowest BCUT2D eigenvalue weighted by atomic mass is 10.1. The highest BCUT2D eigenvalue weighted by Crippen LogP contribution is 2.32. The average molecular weight is 258 g/mol. The van der Waals surface area contributed by atoms with E-state index in [0.29, 0.717) is 11.8 Å². The molecule has 1 aromatic rings. The van der Waals surface area contributed by atoms with Crippen molar-refractivity contribution in [2.45, 2.75) is 18.9 Å². The van der Waals surface area contributed by atoms with Gasteiger partial charge in [0.2, 0.25) is 0 Å². The van der Waals surface area contributed by atoms with Crippen molar-refractivity contribution in [3.63, 3.8) is 0 Å². The standard InChI is InChI=1S/C12H16ClNOS/c1-16(15)7-6-14-12-5-3-9-2-4-10(13)8-11(9)12/h2,4,8,12,14H,3,5-7H2,1H3. The largest absolute Gasteiger partial charge is 0.309 e. The molecule has 0 fully saturated rings. The first-order valence-electron chi connectivity index (χ1n) is 5.48. The van der Waals surface area contributed by atoms with Crippen LogP contribution in [0.3, 0.4) is 0 Å². The molecule has 2 atom stereocenters. The lowest BCUT2D eigenvalue weighted by Crippen LogP contribution is -2.24. The molecule has 88 valence electrons. The van der Waals surface area contributed by atoms with Crippen LogP contribution in [0.4, 0.5) is 0 Å². The van der Waals surface area contributed by atoms with Crippen molar-refractivity contribution in [1.29, 1.82) is 0 Å². The highest BCUT2D eigenvalue weighted by molar-refractivity contribution is 7.84. The lowest BCUT2D eigenvalue weighted by molar-refractivity contribution is 0.549. The van der Waals surface area contributed by atoms with E-state index in [2.05, 4.69) is 11.4 Å². The van der Waals surface area contributed by atoms with Gasteiger partial charge >= 0.3 is 0 Å². The lowest BCUT2D eigenvalue weighted by Gasteiger charge is -2.13. The van der Waals surface area contributed by atoms with Crippen LogP contribution in [-0.2, 0) is 17.2 Å². The molecule has 2 unspecified atom stereocenters. The number of nitrogens with one attached hydrogen (secondary N) is 1. The zero-order chi connectivity index (χ0) is 11.5. The predicted molar refractivity (Wildman–Crippen MR) is 69.5 cm³/mol.